The van der Waals surface area contributed by atoms with Crippen molar-refractivity contribution in [3.63, 3.8) is 0 Å². The number of carbonyl (C=O) groups excluding carboxylic acids is 1. The van der Waals surface area contributed by atoms with E-state index in [4.69, 9.17) is 4.74 Å². The Kier molecular flexibility index (Phi) is 4.81. The van der Waals surface area contributed by atoms with Crippen molar-refractivity contribution in [1.82, 2.24) is 9.97 Å². The summed E-state index contributed by atoms with van der Waals surface area (Å²) in [5.41, 5.74) is 2.83. The van der Waals surface area contributed by atoms with E-state index in [1.807, 2.05) is 43.3 Å². The lowest BCUT2D eigenvalue weighted by molar-refractivity contribution is -0.115. The summed E-state index contributed by atoms with van der Waals surface area (Å²) in [6.45, 7) is 2.02. The minimum absolute atomic E-state index is 0.0736. The Morgan fingerprint density at radius 3 is 2.71 bits per heavy atom. The van der Waals surface area contributed by atoms with Gasteiger partial charge in [-0.3, -0.25) is 9.78 Å². The summed E-state index contributed by atoms with van der Waals surface area (Å²) in [7, 11) is 0. The van der Waals surface area contributed by atoms with Gasteiger partial charge >= 0.3 is 0 Å². The van der Waals surface area contributed by atoms with Crippen LogP contribution in [0.2, 0.25) is 0 Å². The maximum atomic E-state index is 12.2. The molecule has 0 saturated heterocycles. The van der Waals surface area contributed by atoms with E-state index in [0.717, 1.165) is 5.56 Å². The second kappa shape index (κ2) is 7.37. The van der Waals surface area contributed by atoms with Gasteiger partial charge in [-0.1, -0.05) is 35.9 Å². The number of carbonyl (C=O) groups is 1. The van der Waals surface area contributed by atoms with Gasteiger partial charge in [-0.05, 0) is 24.6 Å². The molecule has 0 aliphatic carbocycles. The predicted molar refractivity (Wildman–Crippen MR) is 92.1 cm³/mol. The van der Waals surface area contributed by atoms with Gasteiger partial charge in [0.15, 0.2) is 0 Å². The molecule has 2 aromatic carbocycles. The first-order chi connectivity index (χ1) is 11.7. The molecule has 3 aromatic rings. The molecular formula is C19H17N3O2. The number of nitrogens with zero attached hydrogens (tertiary/aromatic N) is 2. The van der Waals surface area contributed by atoms with Crippen LogP contribution in [0.25, 0.3) is 0 Å². The van der Waals surface area contributed by atoms with Gasteiger partial charge in [0.1, 0.15) is 5.75 Å². The number of amides is 1. The first-order valence-corrected chi connectivity index (χ1v) is 7.58. The number of ether oxygens (including phenoxy) is 1. The summed E-state index contributed by atoms with van der Waals surface area (Å²) in [4.78, 5) is 20.2. The second-order valence-electron chi connectivity index (χ2n) is 5.38. The Morgan fingerprint density at radius 1 is 1.12 bits per heavy atom. The average molecular weight is 319 g/mol. The van der Waals surface area contributed by atoms with E-state index in [1.54, 1.807) is 24.5 Å². The van der Waals surface area contributed by atoms with E-state index in [-0.39, 0.29) is 5.91 Å². The number of aryl methyl sites for hydroxylation is 1. The van der Waals surface area contributed by atoms with Gasteiger partial charge in [0.05, 0.1) is 12.6 Å². The molecule has 0 radical (unpaired) electrons. The van der Waals surface area contributed by atoms with Gasteiger partial charge < -0.3 is 10.1 Å². The predicted octanol–water partition coefficient (Wildman–Crippen LogP) is 3.76. The molecule has 0 aliphatic rings. The molecule has 24 heavy (non-hydrogen) atoms. The molecule has 5 heteroatoms. The molecule has 1 heterocycles. The minimum Gasteiger partial charge on any atom is -0.437 e. The van der Waals surface area contributed by atoms with Crippen LogP contribution in [-0.4, -0.2) is 15.9 Å². The van der Waals surface area contributed by atoms with Gasteiger partial charge in [0.25, 0.3) is 0 Å². The third kappa shape index (κ3) is 4.39. The van der Waals surface area contributed by atoms with Crippen molar-refractivity contribution < 1.29 is 9.53 Å². The topological polar surface area (TPSA) is 64.1 Å². The first kappa shape index (κ1) is 15.7. The van der Waals surface area contributed by atoms with E-state index in [1.165, 1.54) is 11.8 Å². The van der Waals surface area contributed by atoms with Crippen molar-refractivity contribution in [3.8, 4) is 11.6 Å². The SMILES string of the molecule is Cc1ccc(CC(=O)Nc2cccc(Oc3cnccn3)c2)cc1. The van der Waals surface area contributed by atoms with Crippen LogP contribution in [0.15, 0.2) is 67.1 Å². The Hall–Kier alpha value is -3.21. The summed E-state index contributed by atoms with van der Waals surface area (Å²) in [5, 5.41) is 2.88. The highest BCUT2D eigenvalue weighted by Crippen LogP contribution is 2.22. The maximum absolute atomic E-state index is 12.2. The van der Waals surface area contributed by atoms with Crippen molar-refractivity contribution in [1.29, 1.82) is 0 Å². The van der Waals surface area contributed by atoms with Crippen molar-refractivity contribution >= 4 is 11.6 Å². The van der Waals surface area contributed by atoms with Crippen LogP contribution in [0.3, 0.4) is 0 Å². The van der Waals surface area contributed by atoms with Crippen LogP contribution in [0, 0.1) is 6.92 Å². The number of rotatable bonds is 5. The normalized spacial score (nSPS) is 10.2. The van der Waals surface area contributed by atoms with E-state index in [9.17, 15) is 4.79 Å². The lowest BCUT2D eigenvalue weighted by Gasteiger charge is -2.08. The molecule has 3 rings (SSSR count). The third-order valence-electron chi connectivity index (χ3n) is 3.36. The zero-order chi connectivity index (χ0) is 16.8. The largest absolute Gasteiger partial charge is 0.437 e. The Bertz CT molecular complexity index is 818. The molecule has 0 atom stereocenters. The van der Waals surface area contributed by atoms with E-state index < -0.39 is 0 Å². The summed E-state index contributed by atoms with van der Waals surface area (Å²) in [6, 6.07) is 15.1. The fourth-order valence-corrected chi connectivity index (χ4v) is 2.19. The van der Waals surface area contributed by atoms with Gasteiger partial charge in [0.2, 0.25) is 11.8 Å². The molecule has 5 nitrogen and oxygen atoms in total. The highest BCUT2D eigenvalue weighted by atomic mass is 16.5. The fourth-order valence-electron chi connectivity index (χ4n) is 2.19. The third-order valence-corrected chi connectivity index (χ3v) is 3.36. The van der Waals surface area contributed by atoms with Gasteiger partial charge in [-0.2, -0.15) is 0 Å². The standard InChI is InChI=1S/C19H17N3O2/c1-14-5-7-15(8-6-14)11-18(23)22-16-3-2-4-17(12-16)24-19-13-20-9-10-21-19/h2-10,12-13H,11H2,1H3,(H,22,23). The first-order valence-electron chi connectivity index (χ1n) is 7.58. The molecule has 0 unspecified atom stereocenters. The number of hydrogen-bond donors (Lipinski definition) is 1. The summed E-state index contributed by atoms with van der Waals surface area (Å²) in [5.74, 6) is 0.916. The summed E-state index contributed by atoms with van der Waals surface area (Å²) < 4.78 is 5.61. The molecule has 1 N–H and O–H groups in total. The maximum Gasteiger partial charge on any atom is 0.237 e. The molecule has 0 bridgehead atoms. The fraction of sp³-hybridized carbons (Fsp3) is 0.105. The van der Waals surface area contributed by atoms with Gasteiger partial charge in [0, 0.05) is 24.1 Å². The second-order valence-corrected chi connectivity index (χ2v) is 5.38. The zero-order valence-corrected chi connectivity index (χ0v) is 13.3. The lowest BCUT2D eigenvalue weighted by atomic mass is 10.1. The van der Waals surface area contributed by atoms with Gasteiger partial charge in [-0.15, -0.1) is 0 Å². The minimum atomic E-state index is -0.0736. The van der Waals surface area contributed by atoms with Crippen molar-refractivity contribution in [2.75, 3.05) is 5.32 Å². The molecule has 1 aromatic heterocycles. The van der Waals surface area contributed by atoms with Crippen LogP contribution in [-0.2, 0) is 11.2 Å². The molecule has 0 spiro atoms. The Labute approximate surface area is 140 Å². The van der Waals surface area contributed by atoms with Crippen LogP contribution in [0.4, 0.5) is 5.69 Å². The van der Waals surface area contributed by atoms with Crippen LogP contribution in [0.1, 0.15) is 11.1 Å². The number of benzene rings is 2. The smallest absolute Gasteiger partial charge is 0.237 e. The lowest BCUT2D eigenvalue weighted by Crippen LogP contribution is -2.14. The molecule has 120 valence electrons. The van der Waals surface area contributed by atoms with Crippen LogP contribution >= 0.6 is 0 Å². The highest BCUT2D eigenvalue weighted by Gasteiger charge is 2.06. The number of anilines is 1. The number of aromatic nitrogens is 2. The average Bonchev–Trinajstić information content (AvgIpc) is 2.58. The molecular weight excluding hydrogens is 302 g/mol. The summed E-state index contributed by atoms with van der Waals surface area (Å²) >= 11 is 0. The van der Waals surface area contributed by atoms with E-state index >= 15 is 0 Å². The molecule has 0 fully saturated rings. The number of hydrogen-bond acceptors (Lipinski definition) is 4. The molecule has 1 amide bonds. The van der Waals surface area contributed by atoms with Crippen molar-refractivity contribution in [3.05, 3.63) is 78.2 Å². The highest BCUT2D eigenvalue weighted by molar-refractivity contribution is 5.92. The van der Waals surface area contributed by atoms with Crippen LogP contribution in [0.5, 0.6) is 11.6 Å². The van der Waals surface area contributed by atoms with Gasteiger partial charge in [-0.25, -0.2) is 4.98 Å². The quantitative estimate of drug-likeness (QED) is 0.778. The van der Waals surface area contributed by atoms with Crippen molar-refractivity contribution in [2.24, 2.45) is 0 Å². The van der Waals surface area contributed by atoms with E-state index in [2.05, 4.69) is 15.3 Å². The van der Waals surface area contributed by atoms with Crippen molar-refractivity contribution in [2.45, 2.75) is 13.3 Å². The Balaban J connectivity index is 1.63. The molecule has 0 aliphatic heterocycles. The Morgan fingerprint density at radius 2 is 1.96 bits per heavy atom. The molecule has 0 saturated carbocycles. The number of nitrogens with one attached hydrogen (secondary N) is 1. The zero-order valence-electron chi connectivity index (χ0n) is 13.3. The summed E-state index contributed by atoms with van der Waals surface area (Å²) in [6.07, 6.45) is 5.00. The van der Waals surface area contributed by atoms with E-state index in [0.29, 0.717) is 23.7 Å². The monoisotopic (exact) mass is 319 g/mol. The van der Waals surface area contributed by atoms with Crippen LogP contribution < -0.4 is 10.1 Å².